The van der Waals surface area contributed by atoms with E-state index in [9.17, 15) is 0 Å². The summed E-state index contributed by atoms with van der Waals surface area (Å²) in [6.07, 6.45) is 0. The van der Waals surface area contributed by atoms with E-state index in [1.165, 1.54) is 0 Å². The number of nitrogen functional groups attached to an aromatic ring is 1. The summed E-state index contributed by atoms with van der Waals surface area (Å²) in [6, 6.07) is 35.3. The molecule has 0 saturated heterocycles. The van der Waals surface area contributed by atoms with Gasteiger partial charge in [0.25, 0.3) is 0 Å². The van der Waals surface area contributed by atoms with E-state index in [4.69, 9.17) is 25.4 Å². The van der Waals surface area contributed by atoms with Crippen LogP contribution in [0.5, 0.6) is 5.75 Å². The standard InChI is InChI=1S/C28H22N4O/c29-24-17-9-10-18-25(24)33-19-22-15-7-8-16-23(22)28-31-26(20-11-3-1-4-12-20)30-27(32-28)21-13-5-2-6-14-21/h1-18H,19,29H2. The molecule has 0 fully saturated rings. The van der Waals surface area contributed by atoms with Crippen molar-refractivity contribution in [2.45, 2.75) is 6.61 Å². The van der Waals surface area contributed by atoms with Crippen LogP contribution >= 0.6 is 0 Å². The highest BCUT2D eigenvalue weighted by molar-refractivity contribution is 5.68. The highest BCUT2D eigenvalue weighted by atomic mass is 16.5. The molecule has 5 aromatic rings. The lowest BCUT2D eigenvalue weighted by Crippen LogP contribution is -2.04. The molecule has 0 unspecified atom stereocenters. The number of aromatic nitrogens is 3. The van der Waals surface area contributed by atoms with Crippen molar-refractivity contribution in [2.75, 3.05) is 5.73 Å². The van der Waals surface area contributed by atoms with Gasteiger partial charge in [-0.05, 0) is 12.1 Å². The summed E-state index contributed by atoms with van der Waals surface area (Å²) in [5.74, 6) is 2.51. The van der Waals surface area contributed by atoms with Crippen LogP contribution in [0.3, 0.4) is 0 Å². The first kappa shape index (κ1) is 20.4. The summed E-state index contributed by atoms with van der Waals surface area (Å²) in [5, 5.41) is 0. The molecule has 33 heavy (non-hydrogen) atoms. The van der Waals surface area contributed by atoms with Crippen molar-refractivity contribution in [1.82, 2.24) is 15.0 Å². The van der Waals surface area contributed by atoms with Gasteiger partial charge in [-0.1, -0.05) is 97.1 Å². The van der Waals surface area contributed by atoms with Gasteiger partial charge in [0.2, 0.25) is 0 Å². The van der Waals surface area contributed by atoms with Gasteiger partial charge < -0.3 is 10.5 Å². The maximum absolute atomic E-state index is 6.04. The fraction of sp³-hybridized carbons (Fsp3) is 0.0357. The van der Waals surface area contributed by atoms with E-state index in [0.29, 0.717) is 35.5 Å². The molecule has 5 heteroatoms. The third-order valence-corrected chi connectivity index (χ3v) is 5.26. The molecule has 1 aromatic heterocycles. The lowest BCUT2D eigenvalue weighted by Gasteiger charge is -2.13. The number of benzene rings is 4. The van der Waals surface area contributed by atoms with E-state index in [0.717, 1.165) is 22.3 Å². The summed E-state index contributed by atoms with van der Waals surface area (Å²) in [5.41, 5.74) is 10.4. The SMILES string of the molecule is Nc1ccccc1OCc1ccccc1-c1nc(-c2ccccc2)nc(-c2ccccc2)n1. The van der Waals surface area contributed by atoms with Crippen LogP contribution in [0.2, 0.25) is 0 Å². The Labute approximate surface area is 192 Å². The summed E-state index contributed by atoms with van der Waals surface area (Å²) in [6.45, 7) is 0.345. The molecular weight excluding hydrogens is 408 g/mol. The molecule has 160 valence electrons. The van der Waals surface area contributed by atoms with Gasteiger partial charge in [0, 0.05) is 22.3 Å². The average molecular weight is 431 g/mol. The first-order valence-electron chi connectivity index (χ1n) is 10.7. The Hall–Kier alpha value is -4.51. The minimum absolute atomic E-state index is 0.345. The van der Waals surface area contributed by atoms with Gasteiger partial charge >= 0.3 is 0 Å². The molecule has 5 rings (SSSR count). The normalized spacial score (nSPS) is 10.7. The second kappa shape index (κ2) is 9.32. The number of hydrogen-bond donors (Lipinski definition) is 1. The highest BCUT2D eigenvalue weighted by Crippen LogP contribution is 2.28. The van der Waals surface area contributed by atoms with Crippen LogP contribution < -0.4 is 10.5 Å². The maximum Gasteiger partial charge on any atom is 0.164 e. The molecule has 5 nitrogen and oxygen atoms in total. The topological polar surface area (TPSA) is 73.9 Å². The summed E-state index contributed by atoms with van der Waals surface area (Å²) in [7, 11) is 0. The lowest BCUT2D eigenvalue weighted by atomic mass is 10.1. The third kappa shape index (κ3) is 4.57. The number of hydrogen-bond acceptors (Lipinski definition) is 5. The van der Waals surface area contributed by atoms with Gasteiger partial charge in [-0.3, -0.25) is 0 Å². The van der Waals surface area contributed by atoms with Gasteiger partial charge in [0.15, 0.2) is 17.5 Å². The number of nitrogens with zero attached hydrogens (tertiary/aromatic N) is 3. The van der Waals surface area contributed by atoms with Crippen molar-refractivity contribution >= 4 is 5.69 Å². The van der Waals surface area contributed by atoms with Gasteiger partial charge in [-0.2, -0.15) is 0 Å². The first-order valence-corrected chi connectivity index (χ1v) is 10.7. The van der Waals surface area contributed by atoms with Crippen molar-refractivity contribution in [1.29, 1.82) is 0 Å². The fourth-order valence-electron chi connectivity index (χ4n) is 3.56. The van der Waals surface area contributed by atoms with Crippen LogP contribution in [0, 0.1) is 0 Å². The molecule has 0 spiro atoms. The van der Waals surface area contributed by atoms with E-state index in [1.807, 2.05) is 109 Å². The average Bonchev–Trinajstić information content (AvgIpc) is 2.89. The minimum Gasteiger partial charge on any atom is -0.487 e. The Kier molecular flexibility index (Phi) is 5.76. The zero-order valence-corrected chi connectivity index (χ0v) is 17.9. The number of anilines is 1. The zero-order valence-electron chi connectivity index (χ0n) is 17.9. The van der Waals surface area contributed by atoms with Crippen LogP contribution in [-0.4, -0.2) is 15.0 Å². The van der Waals surface area contributed by atoms with Gasteiger partial charge in [0.05, 0.1) is 5.69 Å². The molecule has 0 atom stereocenters. The molecule has 0 bridgehead atoms. The largest absolute Gasteiger partial charge is 0.487 e. The second-order valence-corrected chi connectivity index (χ2v) is 7.52. The lowest BCUT2D eigenvalue weighted by molar-refractivity contribution is 0.308. The molecule has 4 aromatic carbocycles. The Morgan fingerprint density at radius 1 is 0.545 bits per heavy atom. The minimum atomic E-state index is 0.345. The molecule has 0 radical (unpaired) electrons. The van der Waals surface area contributed by atoms with Crippen molar-refractivity contribution in [3.05, 3.63) is 115 Å². The van der Waals surface area contributed by atoms with Crippen molar-refractivity contribution < 1.29 is 4.74 Å². The van der Waals surface area contributed by atoms with E-state index in [2.05, 4.69) is 0 Å². The number of nitrogens with two attached hydrogens (primary N) is 1. The monoisotopic (exact) mass is 430 g/mol. The van der Waals surface area contributed by atoms with Gasteiger partial charge in [-0.15, -0.1) is 0 Å². The van der Waals surface area contributed by atoms with Gasteiger partial charge in [0.1, 0.15) is 12.4 Å². The Balaban J connectivity index is 1.58. The molecule has 0 aliphatic rings. The van der Waals surface area contributed by atoms with Crippen LogP contribution in [0.1, 0.15) is 5.56 Å². The van der Waals surface area contributed by atoms with E-state index < -0.39 is 0 Å². The smallest absolute Gasteiger partial charge is 0.164 e. The quantitative estimate of drug-likeness (QED) is 0.333. The summed E-state index contributed by atoms with van der Waals surface area (Å²) in [4.78, 5) is 14.4. The number of ether oxygens (including phenoxy) is 1. The van der Waals surface area contributed by atoms with Crippen LogP contribution in [-0.2, 0) is 6.61 Å². The molecule has 0 saturated carbocycles. The van der Waals surface area contributed by atoms with E-state index in [-0.39, 0.29) is 0 Å². The molecule has 0 aliphatic carbocycles. The van der Waals surface area contributed by atoms with Crippen molar-refractivity contribution in [3.8, 4) is 39.9 Å². The highest BCUT2D eigenvalue weighted by Gasteiger charge is 2.15. The molecule has 0 amide bonds. The predicted molar refractivity (Wildman–Crippen MR) is 131 cm³/mol. The van der Waals surface area contributed by atoms with Gasteiger partial charge in [-0.25, -0.2) is 15.0 Å². The predicted octanol–water partition coefficient (Wildman–Crippen LogP) is 6.03. The fourth-order valence-corrected chi connectivity index (χ4v) is 3.56. The summed E-state index contributed by atoms with van der Waals surface area (Å²) < 4.78 is 6.02. The Morgan fingerprint density at radius 3 is 1.70 bits per heavy atom. The maximum atomic E-state index is 6.04. The Morgan fingerprint density at radius 2 is 1.06 bits per heavy atom. The molecular formula is C28H22N4O. The summed E-state index contributed by atoms with van der Waals surface area (Å²) >= 11 is 0. The van der Waals surface area contributed by atoms with Crippen LogP contribution in [0.15, 0.2) is 109 Å². The molecule has 0 aliphatic heterocycles. The first-order chi connectivity index (χ1) is 16.3. The molecule has 1 heterocycles. The van der Waals surface area contributed by atoms with Crippen LogP contribution in [0.25, 0.3) is 34.2 Å². The van der Waals surface area contributed by atoms with Crippen molar-refractivity contribution in [3.63, 3.8) is 0 Å². The van der Waals surface area contributed by atoms with Crippen molar-refractivity contribution in [2.24, 2.45) is 0 Å². The Bertz CT molecular complexity index is 1310. The molecule has 2 N–H and O–H groups in total. The zero-order chi connectivity index (χ0) is 22.5. The second-order valence-electron chi connectivity index (χ2n) is 7.52. The number of rotatable bonds is 6. The third-order valence-electron chi connectivity index (χ3n) is 5.26. The van der Waals surface area contributed by atoms with Crippen LogP contribution in [0.4, 0.5) is 5.69 Å². The van der Waals surface area contributed by atoms with E-state index in [1.54, 1.807) is 0 Å². The number of para-hydroxylation sites is 2. The van der Waals surface area contributed by atoms with E-state index >= 15 is 0 Å².